The van der Waals surface area contributed by atoms with Crippen molar-refractivity contribution >= 4 is 12.0 Å². The lowest BCUT2D eigenvalue weighted by Crippen LogP contribution is -2.02. The molecule has 1 N–H and O–H groups in total. The van der Waals surface area contributed by atoms with Crippen molar-refractivity contribution in [2.24, 2.45) is 0 Å². The highest BCUT2D eigenvalue weighted by molar-refractivity contribution is 5.77. The summed E-state index contributed by atoms with van der Waals surface area (Å²) in [6.07, 6.45) is 1.74. The zero-order chi connectivity index (χ0) is 12.7. The molecule has 1 aromatic rings. The molecule has 0 spiro atoms. The van der Waals surface area contributed by atoms with Gasteiger partial charge in [0.25, 0.3) is 0 Å². The van der Waals surface area contributed by atoms with Crippen LogP contribution in [0.2, 0.25) is 0 Å². The first-order chi connectivity index (χ1) is 8.19. The fourth-order valence-corrected chi connectivity index (χ4v) is 1.27. The molecule has 0 bridgehead atoms. The molecule has 6 heteroatoms. The molecule has 0 saturated carbocycles. The molecule has 0 aliphatic heterocycles. The molecule has 1 aromatic carbocycles. The van der Waals surface area contributed by atoms with Gasteiger partial charge in [0.05, 0.1) is 11.5 Å². The van der Waals surface area contributed by atoms with Gasteiger partial charge in [-0.05, 0) is 25.0 Å². The number of unbranched alkanes of at least 4 members (excludes halogenated alkanes) is 1. The number of aliphatic hydroxyl groups excluding tert-OH is 1. The Morgan fingerprint density at radius 2 is 2.18 bits per heavy atom. The first-order valence-corrected chi connectivity index (χ1v) is 5.16. The van der Waals surface area contributed by atoms with Crippen molar-refractivity contribution in [2.75, 3.05) is 13.2 Å². The molecule has 0 aliphatic rings. The molecule has 0 amide bonds. The van der Waals surface area contributed by atoms with Crippen molar-refractivity contribution in [2.45, 2.75) is 12.8 Å². The zero-order valence-corrected chi connectivity index (χ0v) is 9.17. The summed E-state index contributed by atoms with van der Waals surface area (Å²) in [6.45, 7) is 0.359. The van der Waals surface area contributed by atoms with E-state index in [1.165, 1.54) is 18.2 Å². The van der Waals surface area contributed by atoms with Gasteiger partial charge in [0.2, 0.25) is 0 Å². The summed E-state index contributed by atoms with van der Waals surface area (Å²) in [7, 11) is 0. The number of carbonyl (C=O) groups is 1. The molecular weight excluding hydrogens is 226 g/mol. The summed E-state index contributed by atoms with van der Waals surface area (Å²) in [5, 5.41) is 19.3. The Labute approximate surface area is 98.0 Å². The number of nitro benzene ring substituents is 1. The molecule has 92 valence electrons. The average molecular weight is 239 g/mol. The zero-order valence-electron chi connectivity index (χ0n) is 9.17. The fourth-order valence-electron chi connectivity index (χ4n) is 1.27. The molecule has 0 heterocycles. The summed E-state index contributed by atoms with van der Waals surface area (Å²) in [5.74, 6) is 0.138. The SMILES string of the molecule is O=Cc1ccc(OCCCCO)c([N+](=O)[O-])c1. The van der Waals surface area contributed by atoms with E-state index in [4.69, 9.17) is 9.84 Å². The Bertz CT molecular complexity index is 405. The van der Waals surface area contributed by atoms with Crippen LogP contribution in [0.5, 0.6) is 5.75 Å². The summed E-state index contributed by atoms with van der Waals surface area (Å²) >= 11 is 0. The van der Waals surface area contributed by atoms with Gasteiger partial charge in [0, 0.05) is 18.2 Å². The predicted octanol–water partition coefficient (Wildman–Crippen LogP) is 1.56. The smallest absolute Gasteiger partial charge is 0.311 e. The normalized spacial score (nSPS) is 9.94. The van der Waals surface area contributed by atoms with Gasteiger partial charge >= 0.3 is 5.69 Å². The topological polar surface area (TPSA) is 89.7 Å². The molecule has 0 fully saturated rings. The van der Waals surface area contributed by atoms with E-state index in [9.17, 15) is 14.9 Å². The summed E-state index contributed by atoms with van der Waals surface area (Å²) in [6, 6.07) is 4.04. The largest absolute Gasteiger partial charge is 0.487 e. The van der Waals surface area contributed by atoms with E-state index in [1.807, 2.05) is 0 Å². The number of benzene rings is 1. The van der Waals surface area contributed by atoms with Gasteiger partial charge in [-0.3, -0.25) is 14.9 Å². The lowest BCUT2D eigenvalue weighted by atomic mass is 10.2. The van der Waals surface area contributed by atoms with E-state index >= 15 is 0 Å². The number of rotatable bonds is 7. The maximum absolute atomic E-state index is 10.7. The van der Waals surface area contributed by atoms with Crippen molar-refractivity contribution in [3.63, 3.8) is 0 Å². The highest BCUT2D eigenvalue weighted by Crippen LogP contribution is 2.27. The summed E-state index contributed by atoms with van der Waals surface area (Å²) in [4.78, 5) is 20.7. The van der Waals surface area contributed by atoms with Gasteiger partial charge in [-0.15, -0.1) is 0 Å². The van der Waals surface area contributed by atoms with Crippen molar-refractivity contribution in [3.8, 4) is 5.75 Å². The third-order valence-corrected chi connectivity index (χ3v) is 2.13. The summed E-state index contributed by atoms with van der Waals surface area (Å²) in [5.41, 5.74) is 0.0120. The number of nitro groups is 1. The second kappa shape index (κ2) is 6.59. The van der Waals surface area contributed by atoms with E-state index in [0.717, 1.165) is 0 Å². The second-order valence-electron chi connectivity index (χ2n) is 3.38. The van der Waals surface area contributed by atoms with Crippen LogP contribution in [0.3, 0.4) is 0 Å². The maximum atomic E-state index is 10.7. The van der Waals surface area contributed by atoms with Crippen molar-refractivity contribution < 1.29 is 19.6 Å². The number of aldehydes is 1. The molecule has 1 rings (SSSR count). The number of hydrogen-bond donors (Lipinski definition) is 1. The first kappa shape index (κ1) is 13.1. The monoisotopic (exact) mass is 239 g/mol. The van der Waals surface area contributed by atoms with Crippen LogP contribution in [-0.4, -0.2) is 29.5 Å². The molecule has 17 heavy (non-hydrogen) atoms. The molecule has 0 aromatic heterocycles. The number of aliphatic hydroxyl groups is 1. The standard InChI is InChI=1S/C11H13NO5/c13-5-1-2-6-17-11-4-3-9(8-14)7-10(11)12(15)16/h3-4,7-8,13H,1-2,5-6H2. The van der Waals surface area contributed by atoms with E-state index in [2.05, 4.69) is 0 Å². The third kappa shape index (κ3) is 3.84. The Balaban J connectivity index is 2.76. The van der Waals surface area contributed by atoms with E-state index in [-0.39, 0.29) is 23.6 Å². The van der Waals surface area contributed by atoms with Crippen molar-refractivity contribution in [3.05, 3.63) is 33.9 Å². The molecular formula is C11H13NO5. The molecule has 6 nitrogen and oxygen atoms in total. The van der Waals surface area contributed by atoms with Crippen LogP contribution in [-0.2, 0) is 0 Å². The lowest BCUT2D eigenvalue weighted by Gasteiger charge is -2.06. The minimum Gasteiger partial charge on any atom is -0.487 e. The van der Waals surface area contributed by atoms with Crippen LogP contribution >= 0.6 is 0 Å². The maximum Gasteiger partial charge on any atom is 0.311 e. The first-order valence-electron chi connectivity index (χ1n) is 5.16. The van der Waals surface area contributed by atoms with E-state index < -0.39 is 4.92 Å². The quantitative estimate of drug-likeness (QED) is 0.337. The van der Waals surface area contributed by atoms with E-state index in [0.29, 0.717) is 25.7 Å². The Kier molecular flexibility index (Phi) is 5.09. The summed E-state index contributed by atoms with van der Waals surface area (Å²) < 4.78 is 5.23. The molecule has 0 atom stereocenters. The number of nitrogens with zero attached hydrogens (tertiary/aromatic N) is 1. The lowest BCUT2D eigenvalue weighted by molar-refractivity contribution is -0.385. The molecule has 0 unspecified atom stereocenters. The number of hydrogen-bond acceptors (Lipinski definition) is 5. The number of carbonyl (C=O) groups excluding carboxylic acids is 1. The highest BCUT2D eigenvalue weighted by Gasteiger charge is 2.15. The van der Waals surface area contributed by atoms with E-state index in [1.54, 1.807) is 0 Å². The number of ether oxygens (including phenoxy) is 1. The minimum atomic E-state index is -0.589. The van der Waals surface area contributed by atoms with Crippen LogP contribution in [0.15, 0.2) is 18.2 Å². The van der Waals surface area contributed by atoms with Crippen LogP contribution in [0.25, 0.3) is 0 Å². The van der Waals surface area contributed by atoms with Gasteiger partial charge in [0.15, 0.2) is 5.75 Å². The molecule has 0 radical (unpaired) electrons. The minimum absolute atomic E-state index is 0.0650. The van der Waals surface area contributed by atoms with Gasteiger partial charge in [-0.2, -0.15) is 0 Å². The molecule has 0 aliphatic carbocycles. The average Bonchev–Trinajstić information content (AvgIpc) is 2.34. The Hall–Kier alpha value is -1.95. The van der Waals surface area contributed by atoms with Crippen molar-refractivity contribution in [1.82, 2.24) is 0 Å². The third-order valence-electron chi connectivity index (χ3n) is 2.13. The van der Waals surface area contributed by atoms with Crippen LogP contribution < -0.4 is 4.74 Å². The highest BCUT2D eigenvalue weighted by atomic mass is 16.6. The fraction of sp³-hybridized carbons (Fsp3) is 0.364. The van der Waals surface area contributed by atoms with Gasteiger partial charge in [-0.25, -0.2) is 0 Å². The second-order valence-corrected chi connectivity index (χ2v) is 3.38. The van der Waals surface area contributed by atoms with Crippen LogP contribution in [0, 0.1) is 10.1 Å². The molecule has 0 saturated heterocycles. The Morgan fingerprint density at radius 1 is 1.41 bits per heavy atom. The Morgan fingerprint density at radius 3 is 2.76 bits per heavy atom. The van der Waals surface area contributed by atoms with Crippen LogP contribution in [0.4, 0.5) is 5.69 Å². The van der Waals surface area contributed by atoms with Crippen molar-refractivity contribution in [1.29, 1.82) is 0 Å². The van der Waals surface area contributed by atoms with Gasteiger partial charge < -0.3 is 9.84 Å². The van der Waals surface area contributed by atoms with Gasteiger partial charge in [0.1, 0.15) is 6.29 Å². The van der Waals surface area contributed by atoms with Crippen LogP contribution in [0.1, 0.15) is 23.2 Å². The predicted molar refractivity (Wildman–Crippen MR) is 60.3 cm³/mol. The van der Waals surface area contributed by atoms with Gasteiger partial charge in [-0.1, -0.05) is 0 Å².